The van der Waals surface area contributed by atoms with E-state index in [1.807, 2.05) is 0 Å². The summed E-state index contributed by atoms with van der Waals surface area (Å²) in [4.78, 5) is 10.2. The molecule has 0 heterocycles. The normalized spacial score (nSPS) is 10.2. The van der Waals surface area contributed by atoms with Gasteiger partial charge in [0.15, 0.2) is 0 Å². The summed E-state index contributed by atoms with van der Waals surface area (Å²) in [5.74, 6) is -0.671. The van der Waals surface area contributed by atoms with E-state index in [9.17, 15) is 4.79 Å². The topological polar surface area (TPSA) is 37.3 Å². The minimum atomic E-state index is -0.671. The monoisotopic (exact) mass is 185 g/mol. The third kappa shape index (κ3) is 11.5. The number of hydrogen-bond donors (Lipinski definition) is 1. The zero-order valence-corrected chi connectivity index (χ0v) is 8.59. The molecule has 0 aromatic rings. The second kappa shape index (κ2) is 9.56. The van der Waals surface area contributed by atoms with Gasteiger partial charge in [-0.2, -0.15) is 0 Å². The molecular weight excluding hydrogens is 164 g/mol. The Bertz CT molecular complexity index is 121. The number of carboxylic acids is 1. The smallest absolute Gasteiger partial charge is 0.303 e. The summed E-state index contributed by atoms with van der Waals surface area (Å²) in [6.45, 7) is 2.20. The molecular formula is C11H21O2. The summed E-state index contributed by atoms with van der Waals surface area (Å²) in [7, 11) is 0. The fourth-order valence-electron chi connectivity index (χ4n) is 1.23. The maximum Gasteiger partial charge on any atom is 0.303 e. The Balaban J connectivity index is 2.87. The second-order valence-corrected chi connectivity index (χ2v) is 3.42. The molecule has 0 spiro atoms. The van der Waals surface area contributed by atoms with E-state index in [-0.39, 0.29) is 0 Å². The molecule has 0 aromatic carbocycles. The Morgan fingerprint density at radius 3 is 2.46 bits per heavy atom. The molecule has 0 aliphatic rings. The van der Waals surface area contributed by atoms with Gasteiger partial charge in [-0.15, -0.1) is 0 Å². The Morgan fingerprint density at radius 1 is 1.15 bits per heavy atom. The molecule has 0 unspecified atom stereocenters. The standard InChI is InChI=1S/C11H21O2/c1-2-3-4-5-6-7-8-9-10-11(12)13/h5H,2-4,6-10H2,1H3,(H,12,13). The highest BCUT2D eigenvalue weighted by atomic mass is 16.4. The van der Waals surface area contributed by atoms with Crippen LogP contribution in [0, 0.1) is 6.42 Å². The number of unbranched alkanes of at least 4 members (excludes halogenated alkanes) is 7. The van der Waals surface area contributed by atoms with E-state index in [2.05, 4.69) is 13.3 Å². The van der Waals surface area contributed by atoms with Gasteiger partial charge in [0.25, 0.3) is 0 Å². The highest BCUT2D eigenvalue weighted by molar-refractivity contribution is 5.66. The Labute approximate surface area is 81.3 Å². The maximum absolute atomic E-state index is 10.2. The van der Waals surface area contributed by atoms with E-state index in [4.69, 9.17) is 5.11 Å². The van der Waals surface area contributed by atoms with Gasteiger partial charge < -0.3 is 5.11 Å². The number of rotatable bonds is 9. The van der Waals surface area contributed by atoms with Gasteiger partial charge in [0.05, 0.1) is 0 Å². The van der Waals surface area contributed by atoms with E-state index in [0.29, 0.717) is 6.42 Å². The summed E-state index contributed by atoms with van der Waals surface area (Å²) in [6.07, 6.45) is 10.6. The van der Waals surface area contributed by atoms with Gasteiger partial charge >= 0.3 is 5.97 Å². The van der Waals surface area contributed by atoms with Crippen LogP contribution in [0.25, 0.3) is 0 Å². The first kappa shape index (κ1) is 12.5. The average Bonchev–Trinajstić information content (AvgIpc) is 2.09. The van der Waals surface area contributed by atoms with Crippen molar-refractivity contribution in [2.75, 3.05) is 0 Å². The summed E-state index contributed by atoms with van der Waals surface area (Å²) in [6, 6.07) is 0. The maximum atomic E-state index is 10.2. The van der Waals surface area contributed by atoms with Crippen molar-refractivity contribution in [1.29, 1.82) is 0 Å². The van der Waals surface area contributed by atoms with Gasteiger partial charge in [0.2, 0.25) is 0 Å². The third-order valence-corrected chi connectivity index (χ3v) is 2.06. The molecule has 0 bridgehead atoms. The van der Waals surface area contributed by atoms with Crippen molar-refractivity contribution in [3.8, 4) is 0 Å². The second-order valence-electron chi connectivity index (χ2n) is 3.42. The van der Waals surface area contributed by atoms with Crippen LogP contribution >= 0.6 is 0 Å². The zero-order chi connectivity index (χ0) is 9.94. The van der Waals surface area contributed by atoms with Crippen LogP contribution in [0.15, 0.2) is 0 Å². The number of carbonyl (C=O) groups is 1. The van der Waals surface area contributed by atoms with E-state index < -0.39 is 5.97 Å². The van der Waals surface area contributed by atoms with Crippen LogP contribution in [-0.2, 0) is 4.79 Å². The number of carboxylic acid groups (broad SMARTS) is 1. The highest BCUT2D eigenvalue weighted by Gasteiger charge is 1.96. The van der Waals surface area contributed by atoms with Crippen molar-refractivity contribution < 1.29 is 9.90 Å². The molecule has 0 saturated heterocycles. The Hall–Kier alpha value is -0.530. The summed E-state index contributed by atoms with van der Waals surface area (Å²) < 4.78 is 0. The molecule has 0 saturated carbocycles. The van der Waals surface area contributed by atoms with E-state index in [1.165, 1.54) is 19.3 Å². The lowest BCUT2D eigenvalue weighted by atomic mass is 10.1. The van der Waals surface area contributed by atoms with Gasteiger partial charge in [-0.05, 0) is 12.8 Å². The predicted molar refractivity (Wildman–Crippen MR) is 54.5 cm³/mol. The fourth-order valence-corrected chi connectivity index (χ4v) is 1.23. The molecule has 0 atom stereocenters. The Kier molecular flexibility index (Phi) is 9.17. The van der Waals surface area contributed by atoms with Crippen LogP contribution in [-0.4, -0.2) is 11.1 Å². The van der Waals surface area contributed by atoms with Crippen LogP contribution in [0.1, 0.15) is 58.3 Å². The molecule has 13 heavy (non-hydrogen) atoms. The van der Waals surface area contributed by atoms with Crippen molar-refractivity contribution in [1.82, 2.24) is 0 Å². The predicted octanol–water partition coefficient (Wildman–Crippen LogP) is 3.42. The molecule has 77 valence electrons. The summed E-state index contributed by atoms with van der Waals surface area (Å²) in [5.41, 5.74) is 0. The van der Waals surface area contributed by atoms with Gasteiger partial charge in [-0.3, -0.25) is 4.79 Å². The van der Waals surface area contributed by atoms with E-state index >= 15 is 0 Å². The van der Waals surface area contributed by atoms with Gasteiger partial charge in [-0.25, -0.2) is 0 Å². The van der Waals surface area contributed by atoms with Crippen molar-refractivity contribution >= 4 is 5.97 Å². The quantitative estimate of drug-likeness (QED) is 0.559. The summed E-state index contributed by atoms with van der Waals surface area (Å²) >= 11 is 0. The third-order valence-electron chi connectivity index (χ3n) is 2.06. The van der Waals surface area contributed by atoms with Crippen molar-refractivity contribution in [3.05, 3.63) is 6.42 Å². The van der Waals surface area contributed by atoms with Crippen molar-refractivity contribution in [3.63, 3.8) is 0 Å². The largest absolute Gasteiger partial charge is 0.481 e. The lowest BCUT2D eigenvalue weighted by Crippen LogP contribution is -1.93. The van der Waals surface area contributed by atoms with Crippen LogP contribution in [0.3, 0.4) is 0 Å². The molecule has 0 aromatic heterocycles. The lowest BCUT2D eigenvalue weighted by Gasteiger charge is -1.99. The molecule has 1 N–H and O–H groups in total. The van der Waals surface area contributed by atoms with Gasteiger partial charge in [0.1, 0.15) is 0 Å². The lowest BCUT2D eigenvalue weighted by molar-refractivity contribution is -0.137. The SMILES string of the molecule is CCCC[CH]CCCCCC(=O)O. The Morgan fingerprint density at radius 2 is 1.85 bits per heavy atom. The first-order valence-electron chi connectivity index (χ1n) is 5.30. The van der Waals surface area contributed by atoms with Crippen LogP contribution in [0.5, 0.6) is 0 Å². The number of aliphatic carboxylic acids is 1. The van der Waals surface area contributed by atoms with Crippen molar-refractivity contribution in [2.45, 2.75) is 58.3 Å². The highest BCUT2D eigenvalue weighted by Crippen LogP contribution is 2.08. The van der Waals surface area contributed by atoms with Crippen molar-refractivity contribution in [2.24, 2.45) is 0 Å². The molecule has 0 aliphatic heterocycles. The van der Waals surface area contributed by atoms with Gasteiger partial charge in [-0.1, -0.05) is 45.4 Å². The molecule has 0 amide bonds. The fraction of sp³-hybridized carbons (Fsp3) is 0.818. The average molecular weight is 185 g/mol. The van der Waals surface area contributed by atoms with Crippen LogP contribution in [0.2, 0.25) is 0 Å². The molecule has 2 nitrogen and oxygen atoms in total. The van der Waals surface area contributed by atoms with E-state index in [0.717, 1.165) is 25.7 Å². The molecule has 2 heteroatoms. The molecule has 0 rings (SSSR count). The zero-order valence-electron chi connectivity index (χ0n) is 8.59. The molecule has 1 radical (unpaired) electrons. The first-order valence-corrected chi connectivity index (χ1v) is 5.30. The van der Waals surface area contributed by atoms with Crippen LogP contribution in [0.4, 0.5) is 0 Å². The van der Waals surface area contributed by atoms with Crippen LogP contribution < -0.4 is 0 Å². The molecule has 0 aliphatic carbocycles. The minimum absolute atomic E-state index is 0.328. The summed E-state index contributed by atoms with van der Waals surface area (Å²) in [5, 5.41) is 8.38. The first-order chi connectivity index (χ1) is 6.27. The van der Waals surface area contributed by atoms with Gasteiger partial charge in [0, 0.05) is 6.42 Å². The number of hydrogen-bond acceptors (Lipinski definition) is 1. The van der Waals surface area contributed by atoms with E-state index in [1.54, 1.807) is 0 Å². The minimum Gasteiger partial charge on any atom is -0.481 e. The molecule has 0 fully saturated rings.